The van der Waals surface area contributed by atoms with E-state index in [1.165, 1.54) is 18.4 Å². The van der Waals surface area contributed by atoms with Gasteiger partial charge in [-0.25, -0.2) is 0 Å². The van der Waals surface area contributed by atoms with Gasteiger partial charge in [0, 0.05) is 25.7 Å². The molecule has 4 nitrogen and oxygen atoms in total. The van der Waals surface area contributed by atoms with Crippen molar-refractivity contribution in [3.05, 3.63) is 11.6 Å². The molecule has 0 amide bonds. The number of carbonyl (C=O) groups excluding carboxylic acids is 1. The van der Waals surface area contributed by atoms with Crippen LogP contribution in [0.5, 0.6) is 0 Å². The van der Waals surface area contributed by atoms with Gasteiger partial charge in [-0.15, -0.1) is 0 Å². The van der Waals surface area contributed by atoms with Crippen LogP contribution in [0.2, 0.25) is 0 Å². The molecule has 0 unspecified atom stereocenters. The summed E-state index contributed by atoms with van der Waals surface area (Å²) in [4.78, 5) is 14.6. The third-order valence-corrected chi connectivity index (χ3v) is 4.95. The zero-order valence-corrected chi connectivity index (χ0v) is 15.0. The lowest BCUT2D eigenvalue weighted by Gasteiger charge is -2.36. The van der Waals surface area contributed by atoms with Crippen molar-refractivity contribution >= 4 is 5.97 Å². The molecule has 2 aliphatic rings. The number of esters is 1. The summed E-state index contributed by atoms with van der Waals surface area (Å²) in [5.74, 6) is 0.403. The highest BCUT2D eigenvalue weighted by Crippen LogP contribution is 2.29. The summed E-state index contributed by atoms with van der Waals surface area (Å²) in [5.41, 5.74) is 0.825. The Kier molecular flexibility index (Phi) is 6.66. The third-order valence-electron chi connectivity index (χ3n) is 4.95. The SMILES string of the molecule is CC(C)(C)OC(=O)CC1=CCCN([C@H]2CC[C@H](CO)CC2)CC1. The van der Waals surface area contributed by atoms with Crippen LogP contribution in [-0.2, 0) is 9.53 Å². The van der Waals surface area contributed by atoms with Crippen LogP contribution < -0.4 is 0 Å². The molecule has 0 saturated heterocycles. The van der Waals surface area contributed by atoms with Crippen LogP contribution in [0.3, 0.4) is 0 Å². The molecule has 1 saturated carbocycles. The van der Waals surface area contributed by atoms with Crippen LogP contribution in [0, 0.1) is 5.92 Å². The predicted octanol–water partition coefficient (Wildman–Crippen LogP) is 3.29. The number of rotatable bonds is 4. The number of aliphatic hydroxyl groups excluding tert-OH is 1. The first-order valence-corrected chi connectivity index (χ1v) is 9.12. The van der Waals surface area contributed by atoms with Gasteiger partial charge in [0.2, 0.25) is 0 Å². The zero-order valence-electron chi connectivity index (χ0n) is 15.0. The van der Waals surface area contributed by atoms with E-state index in [4.69, 9.17) is 4.74 Å². The van der Waals surface area contributed by atoms with E-state index in [0.717, 1.165) is 38.8 Å². The van der Waals surface area contributed by atoms with Crippen LogP contribution in [0.25, 0.3) is 0 Å². The molecule has 1 aliphatic carbocycles. The number of ether oxygens (including phenoxy) is 1. The Balaban J connectivity index is 1.78. The summed E-state index contributed by atoms with van der Waals surface area (Å²) in [5, 5.41) is 9.27. The maximum atomic E-state index is 12.0. The van der Waals surface area contributed by atoms with Gasteiger partial charge in [-0.3, -0.25) is 9.69 Å². The minimum absolute atomic E-state index is 0.111. The second kappa shape index (κ2) is 8.29. The second-order valence-corrected chi connectivity index (χ2v) is 8.06. The molecule has 23 heavy (non-hydrogen) atoms. The second-order valence-electron chi connectivity index (χ2n) is 8.06. The Morgan fingerprint density at radius 2 is 1.96 bits per heavy atom. The summed E-state index contributed by atoms with van der Waals surface area (Å²) in [6.07, 6.45) is 9.37. The van der Waals surface area contributed by atoms with Gasteiger partial charge in [-0.1, -0.05) is 11.6 Å². The number of hydrogen-bond donors (Lipinski definition) is 1. The van der Waals surface area contributed by atoms with Crippen molar-refractivity contribution in [3.63, 3.8) is 0 Å². The number of hydrogen-bond acceptors (Lipinski definition) is 4. The Labute approximate surface area is 140 Å². The molecule has 1 aliphatic heterocycles. The molecule has 1 heterocycles. The Bertz CT molecular complexity index is 417. The largest absolute Gasteiger partial charge is 0.460 e. The fraction of sp³-hybridized carbons (Fsp3) is 0.842. The molecule has 0 radical (unpaired) electrons. The van der Waals surface area contributed by atoms with Crippen molar-refractivity contribution in [3.8, 4) is 0 Å². The lowest BCUT2D eigenvalue weighted by atomic mass is 9.85. The molecule has 4 heteroatoms. The minimum atomic E-state index is -0.403. The number of nitrogens with zero attached hydrogens (tertiary/aromatic N) is 1. The fourth-order valence-corrected chi connectivity index (χ4v) is 3.72. The van der Waals surface area contributed by atoms with Crippen molar-refractivity contribution in [2.45, 2.75) is 77.4 Å². The van der Waals surface area contributed by atoms with Crippen LogP contribution >= 0.6 is 0 Å². The van der Waals surface area contributed by atoms with E-state index < -0.39 is 5.60 Å². The molecule has 0 aromatic rings. The summed E-state index contributed by atoms with van der Waals surface area (Å²) < 4.78 is 5.43. The monoisotopic (exact) mass is 323 g/mol. The molecular formula is C19H33NO3. The van der Waals surface area contributed by atoms with Crippen LogP contribution in [0.1, 0.15) is 65.7 Å². The standard InChI is InChI=1S/C19H33NO3/c1-19(2,3)23-18(22)13-15-5-4-11-20(12-10-15)17-8-6-16(14-21)7-9-17/h5,16-17,21H,4,6-14H2,1-3H3/t16-,17-. The molecule has 0 aromatic heterocycles. The highest BCUT2D eigenvalue weighted by Gasteiger charge is 2.26. The van der Waals surface area contributed by atoms with E-state index in [0.29, 0.717) is 25.0 Å². The van der Waals surface area contributed by atoms with E-state index in [-0.39, 0.29) is 5.97 Å². The zero-order chi connectivity index (χ0) is 16.9. The van der Waals surface area contributed by atoms with Crippen molar-refractivity contribution in [2.75, 3.05) is 19.7 Å². The molecule has 0 atom stereocenters. The molecule has 1 fully saturated rings. The molecule has 0 bridgehead atoms. The minimum Gasteiger partial charge on any atom is -0.460 e. The summed E-state index contributed by atoms with van der Waals surface area (Å²) >= 11 is 0. The smallest absolute Gasteiger partial charge is 0.310 e. The lowest BCUT2D eigenvalue weighted by Crippen LogP contribution is -2.39. The van der Waals surface area contributed by atoms with Gasteiger partial charge in [0.1, 0.15) is 5.60 Å². The Hall–Kier alpha value is -0.870. The quantitative estimate of drug-likeness (QED) is 0.637. The average molecular weight is 323 g/mol. The van der Waals surface area contributed by atoms with Gasteiger partial charge in [0.25, 0.3) is 0 Å². The van der Waals surface area contributed by atoms with Gasteiger partial charge >= 0.3 is 5.97 Å². The highest BCUT2D eigenvalue weighted by molar-refractivity contribution is 5.72. The van der Waals surface area contributed by atoms with E-state index in [2.05, 4.69) is 11.0 Å². The van der Waals surface area contributed by atoms with Crippen molar-refractivity contribution in [2.24, 2.45) is 5.92 Å². The van der Waals surface area contributed by atoms with Gasteiger partial charge in [0.05, 0.1) is 6.42 Å². The van der Waals surface area contributed by atoms with E-state index in [1.807, 2.05) is 20.8 Å². The lowest BCUT2D eigenvalue weighted by molar-refractivity contribution is -0.153. The van der Waals surface area contributed by atoms with Crippen molar-refractivity contribution in [1.82, 2.24) is 4.90 Å². The number of aliphatic hydroxyl groups is 1. The first kappa shape index (κ1) is 18.5. The van der Waals surface area contributed by atoms with Crippen LogP contribution in [-0.4, -0.2) is 47.3 Å². The summed E-state index contributed by atoms with van der Waals surface area (Å²) in [6.45, 7) is 8.22. The first-order valence-electron chi connectivity index (χ1n) is 9.12. The fourth-order valence-electron chi connectivity index (χ4n) is 3.72. The maximum Gasteiger partial charge on any atom is 0.310 e. The normalized spacial score (nSPS) is 27.2. The Morgan fingerprint density at radius 1 is 1.26 bits per heavy atom. The molecule has 2 rings (SSSR count). The number of carbonyl (C=O) groups is 1. The van der Waals surface area contributed by atoms with Gasteiger partial charge < -0.3 is 9.84 Å². The molecular weight excluding hydrogens is 290 g/mol. The highest BCUT2D eigenvalue weighted by atomic mass is 16.6. The predicted molar refractivity (Wildman–Crippen MR) is 92.2 cm³/mol. The summed E-state index contributed by atoms with van der Waals surface area (Å²) in [6, 6.07) is 0.659. The van der Waals surface area contributed by atoms with E-state index >= 15 is 0 Å². The van der Waals surface area contributed by atoms with Crippen LogP contribution in [0.4, 0.5) is 0 Å². The van der Waals surface area contributed by atoms with Gasteiger partial charge in [0.15, 0.2) is 0 Å². The van der Waals surface area contributed by atoms with Crippen molar-refractivity contribution < 1.29 is 14.6 Å². The van der Waals surface area contributed by atoms with Gasteiger partial charge in [-0.2, -0.15) is 0 Å². The van der Waals surface area contributed by atoms with E-state index in [1.54, 1.807) is 0 Å². The molecule has 1 N–H and O–H groups in total. The molecule has 132 valence electrons. The van der Waals surface area contributed by atoms with Crippen LogP contribution in [0.15, 0.2) is 11.6 Å². The Morgan fingerprint density at radius 3 is 2.57 bits per heavy atom. The van der Waals surface area contributed by atoms with Crippen molar-refractivity contribution in [1.29, 1.82) is 0 Å². The molecule has 0 aromatic carbocycles. The maximum absolute atomic E-state index is 12.0. The average Bonchev–Trinajstić information content (AvgIpc) is 2.71. The van der Waals surface area contributed by atoms with E-state index in [9.17, 15) is 9.90 Å². The molecule has 0 spiro atoms. The third kappa shape index (κ3) is 6.27. The topological polar surface area (TPSA) is 49.8 Å². The first-order chi connectivity index (χ1) is 10.9. The van der Waals surface area contributed by atoms with Gasteiger partial charge in [-0.05, 0) is 65.2 Å². The summed E-state index contributed by atoms with van der Waals surface area (Å²) in [7, 11) is 0.